The first-order valence-electron chi connectivity index (χ1n) is 10.4. The maximum atomic E-state index is 11.8. The summed E-state index contributed by atoms with van der Waals surface area (Å²) < 4.78 is 10.1. The molecule has 1 aromatic carbocycles. The van der Waals surface area contributed by atoms with E-state index in [9.17, 15) is 9.59 Å². The van der Waals surface area contributed by atoms with E-state index in [1.807, 2.05) is 12.1 Å². The van der Waals surface area contributed by atoms with E-state index >= 15 is 0 Å². The van der Waals surface area contributed by atoms with E-state index in [1.165, 1.54) is 0 Å². The molecule has 1 aliphatic heterocycles. The van der Waals surface area contributed by atoms with Crippen molar-refractivity contribution >= 4 is 40.9 Å². The normalized spacial score (nSPS) is 11.5. The smallest absolute Gasteiger partial charge is 0.412 e. The highest BCUT2D eigenvalue weighted by Crippen LogP contribution is 2.35. The average molecular weight is 453 g/mol. The number of ether oxygens (including phenoxy) is 2. The number of hydrogen-bond donors (Lipinski definition) is 4. The summed E-state index contributed by atoms with van der Waals surface area (Å²) in [5, 5.41) is 8.46. The molecule has 1 aromatic heterocycles. The van der Waals surface area contributed by atoms with Gasteiger partial charge in [-0.05, 0) is 43.2 Å². The van der Waals surface area contributed by atoms with Crippen molar-refractivity contribution in [3.8, 4) is 18.6 Å². The summed E-state index contributed by atoms with van der Waals surface area (Å²) in [5.74, 6) is 0.899. The van der Waals surface area contributed by atoms with Crippen LogP contribution < -0.4 is 26.4 Å². The van der Waals surface area contributed by atoms with Gasteiger partial charge in [0.1, 0.15) is 17.3 Å². The number of nitrogens with zero attached hydrogens (tertiary/aromatic N) is 2. The minimum absolute atomic E-state index is 0.178. The van der Waals surface area contributed by atoms with Gasteiger partial charge in [0, 0.05) is 12.6 Å². The van der Waals surface area contributed by atoms with Gasteiger partial charge in [0.25, 0.3) is 0 Å². The number of nitrogens with two attached hydrogens (primary N) is 1. The Balaban J connectivity index is 0.00000187. The van der Waals surface area contributed by atoms with E-state index in [4.69, 9.17) is 15.2 Å². The number of benzene rings is 1. The van der Waals surface area contributed by atoms with Gasteiger partial charge in [-0.25, -0.2) is 19.6 Å². The molecule has 5 N–H and O–H groups in total. The number of unbranched alkanes of at least 4 members (excludes halogenated alkanes) is 1. The number of pyridine rings is 1. The van der Waals surface area contributed by atoms with Crippen molar-refractivity contribution in [1.29, 1.82) is 0 Å². The number of amides is 2. The van der Waals surface area contributed by atoms with Crippen LogP contribution in [0.15, 0.2) is 35.3 Å². The predicted molar refractivity (Wildman–Crippen MR) is 129 cm³/mol. The van der Waals surface area contributed by atoms with Gasteiger partial charge < -0.3 is 25.8 Å². The quantitative estimate of drug-likeness (QED) is 0.369. The molecule has 0 saturated heterocycles. The van der Waals surface area contributed by atoms with E-state index in [0.29, 0.717) is 30.2 Å². The fraction of sp³-hybridized carbons (Fsp3) is 0.304. The molecule has 0 aliphatic carbocycles. The highest BCUT2D eigenvalue weighted by Gasteiger charge is 2.18. The number of fused-ring (bicyclic) bond motifs is 1. The van der Waals surface area contributed by atoms with Crippen molar-refractivity contribution in [2.24, 2.45) is 4.99 Å². The zero-order chi connectivity index (χ0) is 24.2. The number of nitrogen functional groups attached to an aromatic ring is 1. The molecule has 0 atom stereocenters. The first-order valence-corrected chi connectivity index (χ1v) is 10.4. The Bertz CT molecular complexity index is 1020. The Morgan fingerprint density at radius 2 is 1.91 bits per heavy atom. The lowest BCUT2D eigenvalue weighted by molar-refractivity contribution is 0.168. The van der Waals surface area contributed by atoms with Crippen LogP contribution in [0, 0.1) is 12.8 Å². The van der Waals surface area contributed by atoms with Crippen molar-refractivity contribution in [3.63, 3.8) is 0 Å². The number of carbonyl (C=O) groups is 2. The largest absolute Gasteiger partial charge is 0.450 e. The summed E-state index contributed by atoms with van der Waals surface area (Å²) in [6.45, 7) is 5.06. The fourth-order valence-electron chi connectivity index (χ4n) is 2.89. The summed E-state index contributed by atoms with van der Waals surface area (Å²) >= 11 is 0. The Morgan fingerprint density at radius 3 is 2.58 bits per heavy atom. The van der Waals surface area contributed by atoms with Crippen LogP contribution in [0.2, 0.25) is 0 Å². The minimum atomic E-state index is -0.601. The molecule has 1 aliphatic rings. The first kappa shape index (κ1) is 25.0. The molecule has 0 fully saturated rings. The lowest BCUT2D eigenvalue weighted by Gasteiger charge is -2.20. The molecule has 10 heteroatoms. The third-order valence-electron chi connectivity index (χ3n) is 4.42. The van der Waals surface area contributed by atoms with Gasteiger partial charge in [0.15, 0.2) is 5.82 Å². The van der Waals surface area contributed by atoms with E-state index in [1.54, 1.807) is 25.1 Å². The van der Waals surface area contributed by atoms with Crippen molar-refractivity contribution in [2.75, 3.05) is 36.1 Å². The van der Waals surface area contributed by atoms with Gasteiger partial charge in [-0.1, -0.05) is 13.3 Å². The van der Waals surface area contributed by atoms with Crippen molar-refractivity contribution in [3.05, 3.63) is 35.9 Å². The number of anilines is 3. The lowest BCUT2D eigenvalue weighted by atomic mass is 10.1. The second-order valence-corrected chi connectivity index (χ2v) is 6.74. The van der Waals surface area contributed by atoms with Crippen molar-refractivity contribution < 1.29 is 19.1 Å². The topological polar surface area (TPSA) is 140 Å². The number of carbonyl (C=O) groups excluding carboxylic acids is 2. The second kappa shape index (κ2) is 12.6. The Kier molecular flexibility index (Phi) is 9.52. The highest BCUT2D eigenvalue weighted by molar-refractivity contribution is 6.08. The number of hydrogen-bond acceptors (Lipinski definition) is 8. The maximum absolute atomic E-state index is 11.8. The van der Waals surface area contributed by atoms with Crippen LogP contribution in [0.5, 0.6) is 5.75 Å². The Labute approximate surface area is 193 Å². The SMILES string of the molecule is C#C.CCCCNC(=O)Oc1ccc(C2=Nc3c(cc(NC(=O)OCC)nc3N)NC2)cc1. The van der Waals surface area contributed by atoms with Crippen molar-refractivity contribution in [1.82, 2.24) is 10.3 Å². The minimum Gasteiger partial charge on any atom is -0.450 e. The van der Waals surface area contributed by atoms with Crippen LogP contribution in [-0.2, 0) is 4.74 Å². The molecule has 2 amide bonds. The zero-order valence-corrected chi connectivity index (χ0v) is 18.7. The van der Waals surface area contributed by atoms with Crippen LogP contribution in [0.4, 0.5) is 32.6 Å². The van der Waals surface area contributed by atoms with Gasteiger partial charge in [0.05, 0.1) is 24.6 Å². The van der Waals surface area contributed by atoms with Crippen LogP contribution in [0.25, 0.3) is 0 Å². The second-order valence-electron chi connectivity index (χ2n) is 6.74. The summed E-state index contributed by atoms with van der Waals surface area (Å²) in [6, 6.07) is 8.71. The van der Waals surface area contributed by atoms with Crippen LogP contribution in [-0.4, -0.2) is 42.6 Å². The van der Waals surface area contributed by atoms with Gasteiger partial charge in [-0.3, -0.25) is 5.32 Å². The molecule has 2 heterocycles. The van der Waals surface area contributed by atoms with Crippen LogP contribution in [0.3, 0.4) is 0 Å². The fourth-order valence-corrected chi connectivity index (χ4v) is 2.89. The summed E-state index contributed by atoms with van der Waals surface area (Å²) in [5.41, 5.74) is 8.80. The number of terminal acetylenes is 1. The lowest BCUT2D eigenvalue weighted by Crippen LogP contribution is -2.27. The third-order valence-corrected chi connectivity index (χ3v) is 4.42. The van der Waals surface area contributed by atoms with Gasteiger partial charge in [0.2, 0.25) is 0 Å². The molecule has 174 valence electrons. The van der Waals surface area contributed by atoms with E-state index in [-0.39, 0.29) is 18.2 Å². The van der Waals surface area contributed by atoms with Gasteiger partial charge in [-0.15, -0.1) is 12.8 Å². The maximum Gasteiger partial charge on any atom is 0.412 e. The average Bonchev–Trinajstić information content (AvgIpc) is 2.81. The Morgan fingerprint density at radius 1 is 1.18 bits per heavy atom. The molecule has 2 aromatic rings. The number of rotatable bonds is 7. The highest BCUT2D eigenvalue weighted by atomic mass is 16.6. The molecule has 0 spiro atoms. The van der Waals surface area contributed by atoms with Crippen LogP contribution in [0.1, 0.15) is 32.3 Å². The van der Waals surface area contributed by atoms with E-state index in [0.717, 1.165) is 24.1 Å². The van der Waals surface area contributed by atoms with Crippen LogP contribution >= 0.6 is 0 Å². The van der Waals surface area contributed by atoms with Gasteiger partial charge >= 0.3 is 12.2 Å². The molecule has 33 heavy (non-hydrogen) atoms. The molecule has 0 unspecified atom stereocenters. The molecule has 0 radical (unpaired) electrons. The monoisotopic (exact) mass is 452 g/mol. The predicted octanol–water partition coefficient (Wildman–Crippen LogP) is 3.92. The standard InChI is InChI=1S/C21H26N6O4.C2H2/c1-3-5-10-23-20(28)31-14-8-6-13(7-9-14)16-12-24-15-11-17(27-21(29)30-4-2)26-19(22)18(15)25-16;1-2/h6-9,11,24H,3-5,10,12H2,1-2H3,(H,23,28)(H3,22,26,27,29);1-2H. The number of aliphatic imine (C=N–C) groups is 1. The summed E-state index contributed by atoms with van der Waals surface area (Å²) in [7, 11) is 0. The molecular weight excluding hydrogens is 424 g/mol. The molecule has 10 nitrogen and oxygen atoms in total. The third kappa shape index (κ3) is 7.14. The zero-order valence-electron chi connectivity index (χ0n) is 18.7. The molecule has 0 saturated carbocycles. The Hall–Kier alpha value is -4.26. The molecule has 0 bridgehead atoms. The first-order chi connectivity index (χ1) is 16.0. The number of nitrogens with one attached hydrogen (secondary N) is 3. The van der Waals surface area contributed by atoms with Gasteiger partial charge in [-0.2, -0.15) is 0 Å². The molecular formula is C23H28N6O4. The van der Waals surface area contributed by atoms with E-state index in [2.05, 4.69) is 45.7 Å². The van der Waals surface area contributed by atoms with Crippen molar-refractivity contribution in [2.45, 2.75) is 26.7 Å². The summed E-state index contributed by atoms with van der Waals surface area (Å²) in [4.78, 5) is 32.1. The molecule has 3 rings (SSSR count). The summed E-state index contributed by atoms with van der Waals surface area (Å²) in [6.07, 6.45) is 8.83. The number of aromatic nitrogens is 1. The van der Waals surface area contributed by atoms with E-state index < -0.39 is 12.2 Å².